The van der Waals surface area contributed by atoms with Crippen molar-refractivity contribution in [3.8, 4) is 5.75 Å². The van der Waals surface area contributed by atoms with E-state index in [2.05, 4.69) is 7.96 Å². The number of ether oxygens (including phenoxy) is 1. The van der Waals surface area contributed by atoms with E-state index in [4.69, 9.17) is 4.74 Å². The van der Waals surface area contributed by atoms with Gasteiger partial charge in [-0.1, -0.05) is 0 Å². The summed E-state index contributed by atoms with van der Waals surface area (Å²) < 4.78 is 13.5. The molecule has 0 aliphatic carbocycles. The van der Waals surface area contributed by atoms with E-state index in [1.54, 1.807) is 6.07 Å². The topological polar surface area (TPSA) is 78.2 Å². The fourth-order valence-electron chi connectivity index (χ4n) is 1.25. The molecule has 2 aromatic rings. The summed E-state index contributed by atoms with van der Waals surface area (Å²) in [5.74, 6) is 0.571. The van der Waals surface area contributed by atoms with Crippen molar-refractivity contribution in [2.24, 2.45) is 0 Å². The van der Waals surface area contributed by atoms with E-state index in [9.17, 15) is 10.1 Å². The number of hydrogen-bond acceptors (Lipinski definition) is 5. The molecule has 1 aromatic heterocycles. The van der Waals surface area contributed by atoms with Gasteiger partial charge in [0, 0.05) is 0 Å². The first kappa shape index (κ1) is 10.1. The second-order valence-corrected chi connectivity index (χ2v) is 3.84. The summed E-state index contributed by atoms with van der Waals surface area (Å²) in [7, 11) is 0. The monoisotopic (exact) mass is 273 g/mol. The van der Waals surface area contributed by atoms with Gasteiger partial charge in [-0.2, -0.15) is 0 Å². The van der Waals surface area contributed by atoms with E-state index in [0.717, 1.165) is 0 Å². The normalized spacial score (nSPS) is 10.5. The molecule has 1 heterocycles. The van der Waals surface area contributed by atoms with Crippen LogP contribution in [0.5, 0.6) is 5.75 Å². The summed E-state index contributed by atoms with van der Waals surface area (Å²) in [5, 5.41) is 10.7. The minimum atomic E-state index is -0.449. The van der Waals surface area contributed by atoms with Crippen LogP contribution in [0.2, 0.25) is 0 Å². The molecule has 0 aliphatic heterocycles. The van der Waals surface area contributed by atoms with Crippen molar-refractivity contribution >= 4 is 31.7 Å². The zero-order chi connectivity index (χ0) is 10.8. The predicted molar refractivity (Wildman–Crippen MR) is 54.3 cm³/mol. The zero-order valence-electron chi connectivity index (χ0n) is 7.84. The second kappa shape index (κ2) is 3.96. The molecule has 0 aliphatic rings. The Labute approximate surface area is 91.2 Å². The zero-order valence-corrected chi connectivity index (χ0v) is 9.55. The van der Waals surface area contributed by atoms with Crippen molar-refractivity contribution in [1.82, 2.24) is 7.96 Å². The van der Waals surface area contributed by atoms with Crippen LogP contribution in [0.25, 0.3) is 11.0 Å². The number of non-ortho nitro benzene ring substituents is 1. The molecule has 15 heavy (non-hydrogen) atoms. The van der Waals surface area contributed by atoms with E-state index in [1.165, 1.54) is 6.07 Å². The van der Waals surface area contributed by atoms with Crippen LogP contribution in [0.4, 0.5) is 5.69 Å². The Morgan fingerprint density at radius 2 is 2.20 bits per heavy atom. The van der Waals surface area contributed by atoms with E-state index in [-0.39, 0.29) is 20.6 Å². The van der Waals surface area contributed by atoms with Crippen molar-refractivity contribution in [2.45, 2.75) is 6.92 Å². The van der Waals surface area contributed by atoms with Gasteiger partial charge in [-0.3, -0.25) is 0 Å². The molecule has 0 spiro atoms. The van der Waals surface area contributed by atoms with Gasteiger partial charge in [0.25, 0.3) is 0 Å². The number of benzene rings is 1. The van der Waals surface area contributed by atoms with Crippen LogP contribution in [-0.4, -0.2) is 34.5 Å². The van der Waals surface area contributed by atoms with Crippen molar-refractivity contribution in [1.29, 1.82) is 0 Å². The fourth-order valence-corrected chi connectivity index (χ4v) is 2.43. The Morgan fingerprint density at radius 1 is 1.47 bits per heavy atom. The third-order valence-corrected chi connectivity index (χ3v) is 2.96. The first-order valence-electron chi connectivity index (χ1n) is 4.26. The molecule has 0 amide bonds. The van der Waals surface area contributed by atoms with Crippen LogP contribution in [0.3, 0.4) is 0 Å². The average molecular weight is 272 g/mol. The van der Waals surface area contributed by atoms with Crippen molar-refractivity contribution in [2.75, 3.05) is 6.61 Å². The average Bonchev–Trinajstić information content (AvgIpc) is 2.66. The summed E-state index contributed by atoms with van der Waals surface area (Å²) in [6.45, 7) is 2.36. The molecule has 1 aromatic carbocycles. The number of aromatic nitrogens is 2. The van der Waals surface area contributed by atoms with Crippen molar-refractivity contribution < 1.29 is 9.66 Å². The Morgan fingerprint density at radius 3 is 2.87 bits per heavy atom. The molecule has 0 saturated heterocycles. The molecule has 0 unspecified atom stereocenters. The van der Waals surface area contributed by atoms with Gasteiger partial charge in [0.05, 0.1) is 0 Å². The summed E-state index contributed by atoms with van der Waals surface area (Å²) in [6.07, 6.45) is 0. The second-order valence-electron chi connectivity index (χ2n) is 2.73. The molecule has 0 saturated carbocycles. The van der Waals surface area contributed by atoms with E-state index >= 15 is 0 Å². The molecule has 7 heteroatoms. The number of nitro groups is 1. The molecule has 0 bridgehead atoms. The molecule has 78 valence electrons. The van der Waals surface area contributed by atoms with Gasteiger partial charge in [0.15, 0.2) is 0 Å². The van der Waals surface area contributed by atoms with Gasteiger partial charge in [-0.05, 0) is 0 Å². The van der Waals surface area contributed by atoms with Crippen LogP contribution < -0.4 is 4.74 Å². The minimum absolute atomic E-state index is 0.00317. The Balaban J connectivity index is 2.65. The van der Waals surface area contributed by atoms with Gasteiger partial charge in [0.1, 0.15) is 0 Å². The predicted octanol–water partition coefficient (Wildman–Crippen LogP) is 0.994. The van der Waals surface area contributed by atoms with Crippen LogP contribution in [0, 0.1) is 10.1 Å². The number of nitro benzene ring substituents is 1. The van der Waals surface area contributed by atoms with Gasteiger partial charge < -0.3 is 0 Å². The fraction of sp³-hybridized carbons (Fsp3) is 0.250. The number of nitrogens with zero attached hydrogens (tertiary/aromatic N) is 3. The molecule has 0 fully saturated rings. The van der Waals surface area contributed by atoms with Crippen molar-refractivity contribution in [3.63, 3.8) is 0 Å². The molecule has 2 rings (SSSR count). The summed E-state index contributed by atoms with van der Waals surface area (Å²) in [5.41, 5.74) is 0.869. The van der Waals surface area contributed by atoms with Crippen LogP contribution in [-0.2, 0) is 0 Å². The standard InChI is InChI=1S/C8H7N3O3Se/c1-2-14-6-4-3-5(11(12)13)7-8(6)10-15-9-7/h3-4H,2H2,1H3. The maximum absolute atomic E-state index is 10.7. The van der Waals surface area contributed by atoms with Gasteiger partial charge in [-0.25, -0.2) is 0 Å². The first-order chi connectivity index (χ1) is 7.24. The van der Waals surface area contributed by atoms with Gasteiger partial charge >= 0.3 is 90.8 Å². The van der Waals surface area contributed by atoms with Crippen LogP contribution in [0.1, 0.15) is 6.92 Å². The number of fused-ring (bicyclic) bond motifs is 1. The molecule has 0 N–H and O–H groups in total. The number of rotatable bonds is 3. The third-order valence-electron chi connectivity index (χ3n) is 1.85. The Hall–Kier alpha value is -1.46. The van der Waals surface area contributed by atoms with Crippen LogP contribution >= 0.6 is 0 Å². The first-order valence-corrected chi connectivity index (χ1v) is 5.79. The quantitative estimate of drug-likeness (QED) is 0.473. The SMILES string of the molecule is CCOc1ccc([N+](=O)[O-])c2n[se]nc12. The van der Waals surface area contributed by atoms with Crippen molar-refractivity contribution in [3.05, 3.63) is 22.2 Å². The Bertz CT molecular complexity index is 511. The molecule has 0 radical (unpaired) electrons. The van der Waals surface area contributed by atoms with Gasteiger partial charge in [0.2, 0.25) is 0 Å². The third kappa shape index (κ3) is 1.71. The summed E-state index contributed by atoms with van der Waals surface area (Å²) in [6, 6.07) is 2.98. The van der Waals surface area contributed by atoms with E-state index in [0.29, 0.717) is 23.4 Å². The number of hydrogen-bond donors (Lipinski definition) is 0. The molecular weight excluding hydrogens is 265 g/mol. The molecular formula is C8H7N3O3Se. The summed E-state index contributed by atoms with van der Waals surface area (Å²) in [4.78, 5) is 10.3. The Kier molecular flexibility index (Phi) is 2.66. The van der Waals surface area contributed by atoms with E-state index in [1.807, 2.05) is 6.92 Å². The summed E-state index contributed by atoms with van der Waals surface area (Å²) >= 11 is -0.291. The van der Waals surface area contributed by atoms with Gasteiger partial charge in [-0.15, -0.1) is 0 Å². The maximum atomic E-state index is 10.7. The molecule has 0 atom stereocenters. The molecule has 6 nitrogen and oxygen atoms in total. The van der Waals surface area contributed by atoms with Crippen LogP contribution in [0.15, 0.2) is 12.1 Å². The van der Waals surface area contributed by atoms with E-state index < -0.39 is 4.92 Å².